The maximum Gasteiger partial charge on any atom is 0.243 e. The highest BCUT2D eigenvalue weighted by molar-refractivity contribution is 5.84. The lowest BCUT2D eigenvalue weighted by Gasteiger charge is -2.29. The molecule has 2 aliphatic heterocycles. The first-order valence-electron chi connectivity index (χ1n) is 11.1. The summed E-state index contributed by atoms with van der Waals surface area (Å²) >= 11 is 0. The molecule has 1 atom stereocenters. The number of carbonyl (C=O) groups is 1. The highest BCUT2D eigenvalue weighted by atomic mass is 16.5. The molecular formula is C23H37N5O2. The molecule has 0 spiro atoms. The first kappa shape index (κ1) is 22.4. The second-order valence-corrected chi connectivity index (χ2v) is 8.61. The summed E-state index contributed by atoms with van der Waals surface area (Å²) in [7, 11) is 5.54. The Morgan fingerprint density at radius 1 is 1.17 bits per heavy atom. The number of anilines is 1. The molecule has 1 unspecified atom stereocenters. The van der Waals surface area contributed by atoms with Crippen molar-refractivity contribution >= 4 is 17.6 Å². The number of rotatable bonds is 7. The van der Waals surface area contributed by atoms with Gasteiger partial charge >= 0.3 is 0 Å². The minimum absolute atomic E-state index is 0.00205. The van der Waals surface area contributed by atoms with Gasteiger partial charge in [-0.15, -0.1) is 0 Å². The Labute approximate surface area is 181 Å². The Hall–Kier alpha value is -2.28. The molecule has 2 fully saturated rings. The van der Waals surface area contributed by atoms with Crippen LogP contribution in [0.25, 0.3) is 0 Å². The number of aliphatic imine (C=N–C) groups is 1. The third-order valence-corrected chi connectivity index (χ3v) is 5.87. The molecular weight excluding hydrogens is 378 g/mol. The van der Waals surface area contributed by atoms with Crippen LogP contribution < -0.4 is 10.2 Å². The van der Waals surface area contributed by atoms with Crippen molar-refractivity contribution in [2.45, 2.75) is 32.2 Å². The van der Waals surface area contributed by atoms with Gasteiger partial charge in [-0.3, -0.25) is 4.79 Å². The fourth-order valence-electron chi connectivity index (χ4n) is 3.89. The Morgan fingerprint density at radius 2 is 1.90 bits per heavy atom. The van der Waals surface area contributed by atoms with E-state index in [1.807, 2.05) is 7.05 Å². The second kappa shape index (κ2) is 11.2. The van der Waals surface area contributed by atoms with E-state index >= 15 is 0 Å². The molecule has 2 saturated heterocycles. The maximum atomic E-state index is 12.0. The molecule has 0 radical (unpaired) electrons. The Kier molecular flexibility index (Phi) is 8.37. The Morgan fingerprint density at radius 3 is 2.53 bits per heavy atom. The largest absolute Gasteiger partial charge is 0.381 e. The number of hydrogen-bond donors (Lipinski definition) is 1. The molecule has 30 heavy (non-hydrogen) atoms. The van der Waals surface area contributed by atoms with Gasteiger partial charge in [0.1, 0.15) is 6.54 Å². The topological polar surface area (TPSA) is 60.4 Å². The van der Waals surface area contributed by atoms with E-state index in [4.69, 9.17) is 4.74 Å². The van der Waals surface area contributed by atoms with Crippen molar-refractivity contribution in [2.75, 3.05) is 65.4 Å². The van der Waals surface area contributed by atoms with Gasteiger partial charge < -0.3 is 24.8 Å². The van der Waals surface area contributed by atoms with E-state index in [9.17, 15) is 4.79 Å². The molecule has 7 heteroatoms. The van der Waals surface area contributed by atoms with Gasteiger partial charge in [-0.2, -0.15) is 0 Å². The summed E-state index contributed by atoms with van der Waals surface area (Å²) in [5, 5.41) is 3.46. The molecule has 0 aliphatic carbocycles. The normalized spacial score (nSPS) is 19.6. The average Bonchev–Trinajstić information content (AvgIpc) is 3.28. The van der Waals surface area contributed by atoms with Gasteiger partial charge in [-0.05, 0) is 43.4 Å². The number of piperidine rings is 1. The van der Waals surface area contributed by atoms with E-state index in [1.54, 1.807) is 19.0 Å². The smallest absolute Gasteiger partial charge is 0.243 e. The van der Waals surface area contributed by atoms with Crippen LogP contribution in [0.15, 0.2) is 29.3 Å². The van der Waals surface area contributed by atoms with Crippen molar-refractivity contribution < 1.29 is 9.53 Å². The lowest BCUT2D eigenvalue weighted by molar-refractivity contribution is -0.127. The molecule has 1 N–H and O–H groups in total. The van der Waals surface area contributed by atoms with Gasteiger partial charge in [-0.1, -0.05) is 12.1 Å². The fraction of sp³-hybridized carbons (Fsp3) is 0.652. The lowest BCUT2D eigenvalue weighted by atomic mass is 10.1. The highest BCUT2D eigenvalue weighted by Crippen LogP contribution is 2.20. The Bertz CT molecular complexity index is 692. The third kappa shape index (κ3) is 6.62. The molecule has 2 heterocycles. The predicted molar refractivity (Wildman–Crippen MR) is 122 cm³/mol. The number of likely N-dealkylation sites (N-methyl/N-ethyl adjacent to an activating group) is 1. The van der Waals surface area contributed by atoms with Crippen molar-refractivity contribution in [1.82, 2.24) is 15.1 Å². The zero-order valence-electron chi connectivity index (χ0n) is 18.8. The first-order valence-corrected chi connectivity index (χ1v) is 11.1. The van der Waals surface area contributed by atoms with Crippen molar-refractivity contribution in [2.24, 2.45) is 10.9 Å². The van der Waals surface area contributed by atoms with E-state index in [0.717, 1.165) is 51.8 Å². The number of nitrogens with one attached hydrogen (secondary N) is 1. The van der Waals surface area contributed by atoms with Crippen molar-refractivity contribution in [3.05, 3.63) is 29.8 Å². The van der Waals surface area contributed by atoms with Crippen molar-refractivity contribution in [3.63, 3.8) is 0 Å². The highest BCUT2D eigenvalue weighted by Gasteiger charge is 2.18. The van der Waals surface area contributed by atoms with Crippen LogP contribution in [0.1, 0.15) is 31.2 Å². The van der Waals surface area contributed by atoms with E-state index in [-0.39, 0.29) is 12.5 Å². The molecule has 1 aromatic rings. The molecule has 0 aromatic heterocycles. The number of guanidine groups is 1. The minimum Gasteiger partial charge on any atom is -0.381 e. The van der Waals surface area contributed by atoms with Crippen LogP contribution in [0.4, 0.5) is 5.69 Å². The number of hydrogen-bond acceptors (Lipinski definition) is 4. The molecule has 2 aliphatic rings. The summed E-state index contributed by atoms with van der Waals surface area (Å²) in [6.07, 6.45) is 4.98. The van der Waals surface area contributed by atoms with Gasteiger partial charge in [0.25, 0.3) is 0 Å². The lowest BCUT2D eigenvalue weighted by Crippen LogP contribution is -2.41. The van der Waals surface area contributed by atoms with Crippen LogP contribution in [-0.4, -0.2) is 82.2 Å². The number of amides is 1. The van der Waals surface area contributed by atoms with Crippen LogP contribution in [0.3, 0.4) is 0 Å². The minimum atomic E-state index is -0.00205. The van der Waals surface area contributed by atoms with E-state index in [1.165, 1.54) is 30.5 Å². The van der Waals surface area contributed by atoms with Crippen LogP contribution in [0.5, 0.6) is 0 Å². The van der Waals surface area contributed by atoms with Crippen molar-refractivity contribution in [1.29, 1.82) is 0 Å². The van der Waals surface area contributed by atoms with Crippen LogP contribution in [0, 0.1) is 5.92 Å². The monoisotopic (exact) mass is 415 g/mol. The predicted octanol–water partition coefficient (Wildman–Crippen LogP) is 2.18. The van der Waals surface area contributed by atoms with Crippen LogP contribution in [0.2, 0.25) is 0 Å². The van der Waals surface area contributed by atoms with Crippen LogP contribution in [-0.2, 0) is 16.1 Å². The maximum absolute atomic E-state index is 12.0. The van der Waals surface area contributed by atoms with Gasteiger partial charge in [0, 0.05) is 65.5 Å². The van der Waals surface area contributed by atoms with E-state index in [0.29, 0.717) is 5.92 Å². The van der Waals surface area contributed by atoms with Crippen molar-refractivity contribution in [3.8, 4) is 0 Å². The summed E-state index contributed by atoms with van der Waals surface area (Å²) in [5.74, 6) is 1.26. The van der Waals surface area contributed by atoms with Gasteiger partial charge in [-0.25, -0.2) is 4.99 Å². The summed E-state index contributed by atoms with van der Waals surface area (Å²) in [6.45, 7) is 5.64. The van der Waals surface area contributed by atoms with Crippen LogP contribution >= 0.6 is 0 Å². The molecule has 1 aromatic carbocycles. The fourth-order valence-corrected chi connectivity index (χ4v) is 3.89. The number of carbonyl (C=O) groups excluding carboxylic acids is 1. The molecule has 166 valence electrons. The second-order valence-electron chi connectivity index (χ2n) is 8.61. The van der Waals surface area contributed by atoms with E-state index in [2.05, 4.69) is 44.4 Å². The Balaban J connectivity index is 1.61. The molecule has 0 saturated carbocycles. The molecule has 7 nitrogen and oxygen atoms in total. The summed E-state index contributed by atoms with van der Waals surface area (Å²) in [4.78, 5) is 22.7. The summed E-state index contributed by atoms with van der Waals surface area (Å²) in [5.41, 5.74) is 2.54. The summed E-state index contributed by atoms with van der Waals surface area (Å²) < 4.78 is 5.48. The standard InChI is InChI=1S/C23H37N5O2/c1-26(2)22(29)16-25-23(24-15-20-11-14-30-18-20)27(3)17-19-7-9-21(10-8-19)28-12-5-4-6-13-28/h7-10,20H,4-6,11-18H2,1-3H3,(H,24,25). The summed E-state index contributed by atoms with van der Waals surface area (Å²) in [6, 6.07) is 8.86. The number of ether oxygens (including phenoxy) is 1. The first-order chi connectivity index (χ1) is 14.5. The molecule has 3 rings (SSSR count). The number of nitrogens with zero attached hydrogens (tertiary/aromatic N) is 4. The van der Waals surface area contributed by atoms with Gasteiger partial charge in [0.05, 0.1) is 6.61 Å². The number of benzene rings is 1. The quantitative estimate of drug-likeness (QED) is 0.546. The van der Waals surface area contributed by atoms with Gasteiger partial charge in [0.15, 0.2) is 5.96 Å². The third-order valence-electron chi connectivity index (χ3n) is 5.87. The molecule has 0 bridgehead atoms. The van der Waals surface area contributed by atoms with E-state index < -0.39 is 0 Å². The average molecular weight is 416 g/mol. The molecule has 1 amide bonds. The SMILES string of the molecule is CN(C)C(=O)CN=C(NCC1CCOC1)N(C)Cc1ccc(N2CCCCC2)cc1. The zero-order chi connectivity index (χ0) is 21.3. The zero-order valence-corrected chi connectivity index (χ0v) is 18.8. The van der Waals surface area contributed by atoms with Gasteiger partial charge in [0.2, 0.25) is 5.91 Å².